The van der Waals surface area contributed by atoms with Crippen LogP contribution < -0.4 is 5.32 Å². The van der Waals surface area contributed by atoms with E-state index in [4.69, 9.17) is 34.8 Å². The Labute approximate surface area is 216 Å². The first-order chi connectivity index (χ1) is 16.5. The highest BCUT2D eigenvalue weighted by molar-refractivity contribution is 6.48. The van der Waals surface area contributed by atoms with Crippen LogP contribution in [0.15, 0.2) is 42.5 Å². The SMILES string of the molecule is C[C@@H](CC(=O)c1ccc(/C(F)=C/C(c2cc(Cl)c(Cl)c(Cl)c2)C(F)(F)F)cc1)C(=O)NCC(F)(F)F. The zero-order valence-electron chi connectivity index (χ0n) is 18.2. The van der Waals surface area contributed by atoms with Gasteiger partial charge in [0.1, 0.15) is 18.3 Å². The van der Waals surface area contributed by atoms with Crippen molar-refractivity contribution < 1.29 is 40.3 Å². The number of allylic oxidation sites excluding steroid dienone is 1. The summed E-state index contributed by atoms with van der Waals surface area (Å²) < 4.78 is 92.3. The summed E-state index contributed by atoms with van der Waals surface area (Å²) in [6, 6.07) is 6.22. The second-order valence-corrected chi connectivity index (χ2v) is 8.96. The van der Waals surface area contributed by atoms with E-state index in [0.29, 0.717) is 6.08 Å². The molecule has 0 fully saturated rings. The number of alkyl halides is 6. The highest BCUT2D eigenvalue weighted by Gasteiger charge is 2.40. The van der Waals surface area contributed by atoms with Gasteiger partial charge in [-0.25, -0.2) is 4.39 Å². The summed E-state index contributed by atoms with van der Waals surface area (Å²) in [5.74, 6) is -6.35. The van der Waals surface area contributed by atoms with E-state index in [1.807, 2.05) is 0 Å². The topological polar surface area (TPSA) is 46.2 Å². The Hall–Kier alpha value is -2.30. The van der Waals surface area contributed by atoms with Gasteiger partial charge in [0, 0.05) is 23.5 Å². The van der Waals surface area contributed by atoms with E-state index in [1.54, 1.807) is 5.32 Å². The fourth-order valence-corrected chi connectivity index (χ4v) is 3.66. The third-order valence-corrected chi connectivity index (χ3v) is 6.11. The third-order valence-electron chi connectivity index (χ3n) is 4.92. The lowest BCUT2D eigenvalue weighted by Crippen LogP contribution is -2.37. The first-order valence-corrected chi connectivity index (χ1v) is 11.2. The number of hydrogen-bond donors (Lipinski definition) is 1. The minimum Gasteiger partial charge on any atom is -0.347 e. The van der Waals surface area contributed by atoms with E-state index in [9.17, 15) is 40.3 Å². The molecule has 2 aromatic carbocycles. The molecule has 0 bridgehead atoms. The molecule has 13 heteroatoms. The summed E-state index contributed by atoms with van der Waals surface area (Å²) in [6.45, 7) is -0.287. The van der Waals surface area contributed by atoms with Gasteiger partial charge in [0.15, 0.2) is 5.78 Å². The molecule has 0 aliphatic heterocycles. The van der Waals surface area contributed by atoms with E-state index in [1.165, 1.54) is 6.92 Å². The standard InChI is InChI=1S/C23H17Cl3F7NO2/c1-11(21(36)34-10-22(28,29)30)6-19(35)13-4-2-12(3-5-13)18(27)9-15(23(31,32)33)14-7-16(24)20(26)17(25)8-14/h2-5,7-9,11,15H,6,10H2,1H3,(H,34,36)/b18-9-/t11-,15?/m0/s1. The van der Waals surface area contributed by atoms with Gasteiger partial charge >= 0.3 is 12.4 Å². The van der Waals surface area contributed by atoms with E-state index in [2.05, 4.69) is 0 Å². The van der Waals surface area contributed by atoms with E-state index < -0.39 is 60.2 Å². The average molecular weight is 579 g/mol. The van der Waals surface area contributed by atoms with Crippen LogP contribution in [-0.2, 0) is 4.79 Å². The van der Waals surface area contributed by atoms with Gasteiger partial charge in [-0.1, -0.05) is 66.0 Å². The maximum absolute atomic E-state index is 14.8. The lowest BCUT2D eigenvalue weighted by Gasteiger charge is -2.19. The van der Waals surface area contributed by atoms with Crippen LogP contribution in [-0.4, -0.2) is 30.6 Å². The summed E-state index contributed by atoms with van der Waals surface area (Å²) in [7, 11) is 0. The predicted octanol–water partition coefficient (Wildman–Crippen LogP) is 8.19. The summed E-state index contributed by atoms with van der Waals surface area (Å²) >= 11 is 17.4. The zero-order chi connectivity index (χ0) is 27.4. The average Bonchev–Trinajstić information content (AvgIpc) is 2.77. The van der Waals surface area contributed by atoms with Crippen LogP contribution in [0.1, 0.15) is 40.7 Å². The molecule has 1 unspecified atom stereocenters. The first kappa shape index (κ1) is 29.9. The molecule has 1 amide bonds. The van der Waals surface area contributed by atoms with Crippen molar-refractivity contribution in [3.8, 4) is 0 Å². The van der Waals surface area contributed by atoms with Gasteiger partial charge in [-0.2, -0.15) is 26.3 Å². The van der Waals surface area contributed by atoms with Crippen molar-refractivity contribution in [1.29, 1.82) is 0 Å². The maximum atomic E-state index is 14.8. The third kappa shape index (κ3) is 8.38. The first-order valence-electron chi connectivity index (χ1n) is 10.1. The fraction of sp³-hybridized carbons (Fsp3) is 0.304. The van der Waals surface area contributed by atoms with Gasteiger partial charge in [-0.3, -0.25) is 9.59 Å². The Bertz CT molecular complexity index is 1120. The second kappa shape index (κ2) is 11.8. The minimum atomic E-state index is -4.91. The summed E-state index contributed by atoms with van der Waals surface area (Å²) in [6.07, 6.45) is -9.63. The quantitative estimate of drug-likeness (QED) is 0.195. The molecule has 2 aromatic rings. The lowest BCUT2D eigenvalue weighted by atomic mass is 9.95. The molecule has 196 valence electrons. The molecule has 0 saturated carbocycles. The molecule has 0 saturated heterocycles. The number of amides is 1. The molecule has 36 heavy (non-hydrogen) atoms. The van der Waals surface area contributed by atoms with Gasteiger partial charge in [0.2, 0.25) is 5.91 Å². The van der Waals surface area contributed by atoms with E-state index in [-0.39, 0.29) is 26.2 Å². The maximum Gasteiger partial charge on any atom is 0.405 e. The summed E-state index contributed by atoms with van der Waals surface area (Å²) in [5, 5.41) is 1.03. The van der Waals surface area contributed by atoms with Crippen LogP contribution in [0.25, 0.3) is 5.83 Å². The van der Waals surface area contributed by atoms with Crippen molar-refractivity contribution in [2.45, 2.75) is 31.6 Å². The molecule has 2 atom stereocenters. The summed E-state index contributed by atoms with van der Waals surface area (Å²) in [5.41, 5.74) is -0.727. The van der Waals surface area contributed by atoms with Gasteiger partial charge in [0.05, 0.1) is 15.1 Å². The zero-order valence-corrected chi connectivity index (χ0v) is 20.5. The molecule has 0 aromatic heterocycles. The van der Waals surface area contributed by atoms with Crippen molar-refractivity contribution in [2.24, 2.45) is 5.92 Å². The number of carbonyl (C=O) groups excluding carboxylic acids is 2. The number of ketones is 1. The molecular weight excluding hydrogens is 562 g/mol. The van der Waals surface area contributed by atoms with Crippen LogP contribution in [0.4, 0.5) is 30.7 Å². The Morgan fingerprint density at radius 1 is 0.944 bits per heavy atom. The normalized spacial score (nSPS) is 14.4. The van der Waals surface area contributed by atoms with E-state index in [0.717, 1.165) is 36.4 Å². The Kier molecular flexibility index (Phi) is 9.84. The highest BCUT2D eigenvalue weighted by Crippen LogP contribution is 2.42. The van der Waals surface area contributed by atoms with E-state index >= 15 is 0 Å². The van der Waals surface area contributed by atoms with Crippen molar-refractivity contribution in [3.05, 3.63) is 74.2 Å². The highest BCUT2D eigenvalue weighted by atomic mass is 35.5. The number of hydrogen-bond acceptors (Lipinski definition) is 2. The van der Waals surface area contributed by atoms with Crippen LogP contribution in [0.2, 0.25) is 15.1 Å². The smallest absolute Gasteiger partial charge is 0.347 e. The number of nitrogens with one attached hydrogen (secondary N) is 1. The number of benzene rings is 2. The molecular formula is C23H17Cl3F7NO2. The monoisotopic (exact) mass is 577 g/mol. The van der Waals surface area contributed by atoms with Crippen LogP contribution in [0.5, 0.6) is 0 Å². The van der Waals surface area contributed by atoms with Crippen molar-refractivity contribution >= 4 is 52.3 Å². The lowest BCUT2D eigenvalue weighted by molar-refractivity contribution is -0.140. The van der Waals surface area contributed by atoms with Gasteiger partial charge in [-0.05, 0) is 23.8 Å². The number of halogens is 10. The largest absolute Gasteiger partial charge is 0.405 e. The van der Waals surface area contributed by atoms with Crippen LogP contribution >= 0.6 is 34.8 Å². The van der Waals surface area contributed by atoms with Gasteiger partial charge in [-0.15, -0.1) is 0 Å². The van der Waals surface area contributed by atoms with Crippen LogP contribution in [0, 0.1) is 5.92 Å². The molecule has 0 aliphatic rings. The van der Waals surface area contributed by atoms with Crippen molar-refractivity contribution in [3.63, 3.8) is 0 Å². The molecule has 1 N–H and O–H groups in total. The fourth-order valence-electron chi connectivity index (χ4n) is 3.04. The predicted molar refractivity (Wildman–Crippen MR) is 123 cm³/mol. The molecule has 0 radical (unpaired) electrons. The minimum absolute atomic E-state index is 0.00865. The van der Waals surface area contributed by atoms with Gasteiger partial charge < -0.3 is 5.32 Å². The van der Waals surface area contributed by atoms with Crippen LogP contribution in [0.3, 0.4) is 0 Å². The van der Waals surface area contributed by atoms with Crippen molar-refractivity contribution in [1.82, 2.24) is 5.32 Å². The molecule has 0 aliphatic carbocycles. The molecule has 2 rings (SSSR count). The second-order valence-electron chi connectivity index (χ2n) is 7.77. The number of carbonyl (C=O) groups is 2. The molecule has 3 nitrogen and oxygen atoms in total. The Balaban J connectivity index is 2.19. The molecule has 0 heterocycles. The number of Topliss-reactive ketones (excluding diaryl/α,β-unsaturated/α-hetero) is 1. The van der Waals surface area contributed by atoms with Crippen molar-refractivity contribution in [2.75, 3.05) is 6.54 Å². The Morgan fingerprint density at radius 2 is 1.44 bits per heavy atom. The Morgan fingerprint density at radius 3 is 1.92 bits per heavy atom. The van der Waals surface area contributed by atoms with Gasteiger partial charge in [0.25, 0.3) is 0 Å². The summed E-state index contributed by atoms with van der Waals surface area (Å²) in [4.78, 5) is 24.1. The number of rotatable bonds is 8. The molecule has 0 spiro atoms.